The fourth-order valence-corrected chi connectivity index (χ4v) is 3.83. The molecule has 30 heavy (non-hydrogen) atoms. The number of hydrogen-bond acceptors (Lipinski definition) is 8. The normalized spacial score (nSPS) is 17.6. The minimum atomic E-state index is -0.514. The Morgan fingerprint density at radius 2 is 2.10 bits per heavy atom. The van der Waals surface area contributed by atoms with Gasteiger partial charge >= 0.3 is 0 Å². The summed E-state index contributed by atoms with van der Waals surface area (Å²) in [6.07, 6.45) is 4.27. The number of oxazole rings is 1. The number of benzene rings is 1. The van der Waals surface area contributed by atoms with Crippen molar-refractivity contribution in [1.29, 1.82) is 0 Å². The topological polar surface area (TPSA) is 84.2 Å². The predicted molar refractivity (Wildman–Crippen MR) is 114 cm³/mol. The Bertz CT molecular complexity index is 895. The fraction of sp³-hybridized carbons (Fsp3) is 0.524. The molecule has 1 aromatic carbocycles. The number of aryl methyl sites for hydroxylation is 1. The van der Waals surface area contributed by atoms with Gasteiger partial charge in [-0.2, -0.15) is 0 Å². The first-order valence-corrected chi connectivity index (χ1v) is 10.8. The quantitative estimate of drug-likeness (QED) is 0.692. The molecule has 9 heteroatoms. The van der Waals surface area contributed by atoms with Crippen molar-refractivity contribution in [2.24, 2.45) is 4.99 Å². The lowest BCUT2D eigenvalue weighted by molar-refractivity contribution is -0.0734. The predicted octanol–water partition coefficient (Wildman–Crippen LogP) is 3.40. The minimum Gasteiger partial charge on any atom is -0.494 e. The highest BCUT2D eigenvalue weighted by atomic mass is 35.5. The van der Waals surface area contributed by atoms with Gasteiger partial charge < -0.3 is 19.4 Å². The number of ether oxygens (including phenoxy) is 1. The van der Waals surface area contributed by atoms with Crippen LogP contribution in [0.4, 0.5) is 0 Å². The summed E-state index contributed by atoms with van der Waals surface area (Å²) in [5, 5.41) is 4.00. The van der Waals surface area contributed by atoms with E-state index in [9.17, 15) is 0 Å². The second-order valence-corrected chi connectivity index (χ2v) is 8.06. The van der Waals surface area contributed by atoms with E-state index in [1.165, 1.54) is 0 Å². The first-order valence-electron chi connectivity index (χ1n) is 10.4. The van der Waals surface area contributed by atoms with Crippen LogP contribution in [-0.4, -0.2) is 41.3 Å². The smallest absolute Gasteiger partial charge is 0.222 e. The number of nitrogens with zero attached hydrogens (tertiary/aromatic N) is 3. The molecule has 4 rings (SSSR count). The van der Waals surface area contributed by atoms with Gasteiger partial charge in [0.25, 0.3) is 0 Å². The van der Waals surface area contributed by atoms with Crippen LogP contribution in [-0.2, 0) is 17.9 Å². The largest absolute Gasteiger partial charge is 0.494 e. The molecule has 2 aliphatic heterocycles. The van der Waals surface area contributed by atoms with Gasteiger partial charge in [0, 0.05) is 31.3 Å². The first kappa shape index (κ1) is 21.0. The van der Waals surface area contributed by atoms with E-state index < -0.39 is 5.72 Å². The summed E-state index contributed by atoms with van der Waals surface area (Å²) in [5.41, 5.74) is 4.32. The van der Waals surface area contributed by atoms with Gasteiger partial charge in [0.15, 0.2) is 11.6 Å². The molecule has 162 valence electrons. The van der Waals surface area contributed by atoms with Crippen molar-refractivity contribution in [3.05, 3.63) is 46.6 Å². The summed E-state index contributed by atoms with van der Waals surface area (Å²) in [6.45, 7) is 7.40. The van der Waals surface area contributed by atoms with Gasteiger partial charge in [-0.15, -0.1) is 0 Å². The Hall–Kier alpha value is -2.29. The molecule has 1 fully saturated rings. The highest BCUT2D eigenvalue weighted by Gasteiger charge is 2.39. The number of nitrogens with one attached hydrogen (secondary N) is 2. The number of hydroxylamine groups is 1. The Balaban J connectivity index is 1.56. The molecule has 2 aliphatic rings. The number of aromatic nitrogens is 1. The van der Waals surface area contributed by atoms with Crippen LogP contribution in [0.2, 0.25) is 5.02 Å². The minimum absolute atomic E-state index is 0.514. The van der Waals surface area contributed by atoms with Crippen LogP contribution in [0.15, 0.2) is 33.9 Å². The van der Waals surface area contributed by atoms with Gasteiger partial charge in [-0.25, -0.2) is 20.3 Å². The summed E-state index contributed by atoms with van der Waals surface area (Å²) >= 11 is 6.57. The van der Waals surface area contributed by atoms with Crippen molar-refractivity contribution in [3.63, 3.8) is 0 Å². The molecule has 0 bridgehead atoms. The van der Waals surface area contributed by atoms with Crippen molar-refractivity contribution in [3.8, 4) is 5.75 Å². The molecule has 0 unspecified atom stereocenters. The highest BCUT2D eigenvalue weighted by molar-refractivity contribution is 6.31. The Morgan fingerprint density at radius 1 is 1.27 bits per heavy atom. The van der Waals surface area contributed by atoms with E-state index in [0.717, 1.165) is 49.4 Å². The molecule has 1 saturated heterocycles. The average Bonchev–Trinajstić information content (AvgIpc) is 3.34. The molecule has 2 N–H and O–H groups in total. The van der Waals surface area contributed by atoms with Gasteiger partial charge in [0.2, 0.25) is 5.96 Å². The van der Waals surface area contributed by atoms with E-state index in [1.54, 1.807) is 6.26 Å². The van der Waals surface area contributed by atoms with Crippen LogP contribution < -0.4 is 15.5 Å². The van der Waals surface area contributed by atoms with E-state index in [-0.39, 0.29) is 0 Å². The fourth-order valence-electron chi connectivity index (χ4n) is 3.60. The Morgan fingerprint density at radius 3 is 2.80 bits per heavy atom. The van der Waals surface area contributed by atoms with Crippen LogP contribution in [0.1, 0.15) is 43.3 Å². The zero-order valence-corrected chi connectivity index (χ0v) is 18.2. The number of rotatable bonds is 7. The van der Waals surface area contributed by atoms with E-state index >= 15 is 0 Å². The van der Waals surface area contributed by atoms with Gasteiger partial charge in [-0.3, -0.25) is 0 Å². The average molecular weight is 434 g/mol. The molecule has 3 heterocycles. The Labute approximate surface area is 181 Å². The molecule has 0 atom stereocenters. The van der Waals surface area contributed by atoms with Gasteiger partial charge in [0.1, 0.15) is 12.0 Å². The second-order valence-electron chi connectivity index (χ2n) is 7.65. The number of piperidine rings is 1. The second kappa shape index (κ2) is 9.24. The molecular formula is C21H28ClN5O3. The van der Waals surface area contributed by atoms with Gasteiger partial charge in [0.05, 0.1) is 18.8 Å². The van der Waals surface area contributed by atoms with Gasteiger partial charge in [-0.1, -0.05) is 24.6 Å². The summed E-state index contributed by atoms with van der Waals surface area (Å²) in [6, 6.07) is 5.80. The maximum Gasteiger partial charge on any atom is 0.222 e. The molecule has 0 radical (unpaired) electrons. The number of halogens is 1. The van der Waals surface area contributed by atoms with Crippen molar-refractivity contribution in [2.75, 3.05) is 19.7 Å². The number of aliphatic imine (C=N–C) groups is 1. The molecule has 1 spiro atoms. The van der Waals surface area contributed by atoms with E-state index in [1.807, 2.05) is 25.1 Å². The number of guanidine groups is 1. The molecule has 8 nitrogen and oxygen atoms in total. The first-order chi connectivity index (χ1) is 14.6. The lowest BCUT2D eigenvalue weighted by Crippen LogP contribution is -2.42. The highest BCUT2D eigenvalue weighted by Crippen LogP contribution is 2.30. The molecule has 0 saturated carbocycles. The standard InChI is InChI=1S/C21H28ClN5O3/c1-3-10-28-18-5-4-16(19(22)11-18)12-27(13-17-14-29-15(2)24-17)20-25-21(30-26-20)6-8-23-9-7-21/h4-5,11,14,23H,3,6-10,12-13H2,1-2H3,(H,25,26). The SMILES string of the molecule is CCCOc1ccc(CN(Cc2coc(C)n2)C2=NC3(CCNCC3)ON2)c(Cl)c1. The molecular weight excluding hydrogens is 406 g/mol. The monoisotopic (exact) mass is 433 g/mol. The summed E-state index contributed by atoms with van der Waals surface area (Å²) in [7, 11) is 0. The molecule has 0 aliphatic carbocycles. The van der Waals surface area contributed by atoms with E-state index in [2.05, 4.69) is 27.6 Å². The molecule has 1 aromatic heterocycles. The van der Waals surface area contributed by atoms with Crippen molar-refractivity contribution >= 4 is 17.6 Å². The van der Waals surface area contributed by atoms with Crippen LogP contribution in [0.5, 0.6) is 5.75 Å². The molecule has 0 amide bonds. The number of hydrogen-bond donors (Lipinski definition) is 2. The molecule has 2 aromatic rings. The third-order valence-corrected chi connectivity index (χ3v) is 5.56. The van der Waals surface area contributed by atoms with Gasteiger partial charge in [-0.05, 0) is 37.2 Å². The van der Waals surface area contributed by atoms with Crippen LogP contribution in [0, 0.1) is 6.92 Å². The third kappa shape index (κ3) is 4.88. The van der Waals surface area contributed by atoms with Crippen molar-refractivity contribution < 1.29 is 14.0 Å². The van der Waals surface area contributed by atoms with E-state index in [0.29, 0.717) is 36.6 Å². The summed E-state index contributed by atoms with van der Waals surface area (Å²) in [5.74, 6) is 2.09. The van der Waals surface area contributed by atoms with Crippen LogP contribution in [0.3, 0.4) is 0 Å². The van der Waals surface area contributed by atoms with Crippen LogP contribution >= 0.6 is 11.6 Å². The lowest BCUT2D eigenvalue weighted by Gasteiger charge is -2.28. The summed E-state index contributed by atoms with van der Waals surface area (Å²) < 4.78 is 11.1. The van der Waals surface area contributed by atoms with E-state index in [4.69, 9.17) is 30.6 Å². The zero-order valence-electron chi connectivity index (χ0n) is 17.4. The maximum atomic E-state index is 6.57. The maximum absolute atomic E-state index is 6.57. The zero-order chi connectivity index (χ0) is 21.0. The Kier molecular flexibility index (Phi) is 6.46. The van der Waals surface area contributed by atoms with Crippen LogP contribution in [0.25, 0.3) is 0 Å². The summed E-state index contributed by atoms with van der Waals surface area (Å²) in [4.78, 5) is 17.3. The lowest BCUT2D eigenvalue weighted by atomic mass is 10.0. The van der Waals surface area contributed by atoms with Crippen molar-refractivity contribution in [1.82, 2.24) is 20.7 Å². The van der Waals surface area contributed by atoms with Crippen molar-refractivity contribution in [2.45, 2.75) is 51.9 Å². The third-order valence-electron chi connectivity index (χ3n) is 5.20.